The quantitative estimate of drug-likeness (QED) is 0.0143. The van der Waals surface area contributed by atoms with Crippen molar-refractivity contribution in [3.63, 3.8) is 0 Å². The van der Waals surface area contributed by atoms with Gasteiger partial charge in [-0.25, -0.2) is 19.2 Å². The number of ether oxygens (including phenoxy) is 12. The van der Waals surface area contributed by atoms with Gasteiger partial charge < -0.3 is 87.1 Å². The summed E-state index contributed by atoms with van der Waals surface area (Å²) in [5, 5.41) is 32.3. The molecule has 1 aliphatic carbocycles. The Morgan fingerprint density at radius 1 is 0.568 bits per heavy atom. The van der Waals surface area contributed by atoms with Crippen LogP contribution in [0.5, 0.6) is 0 Å². The fourth-order valence-electron chi connectivity index (χ4n) is 20.1. The van der Waals surface area contributed by atoms with Crippen LogP contribution in [-0.2, 0) is 85.6 Å². The molecule has 6 aliphatic heterocycles. The zero-order valence-electron chi connectivity index (χ0n) is 76.0. The number of fused-ring (bicyclic) bond motifs is 5. The van der Waals surface area contributed by atoms with Gasteiger partial charge >= 0.3 is 36.2 Å². The first-order valence-electron chi connectivity index (χ1n) is 43.8. The fraction of sp³-hybridized carbons (Fsp3) is 0.692. The molecule has 10 unspecified atom stereocenters. The molecule has 7 aliphatic rings. The monoisotopic (exact) mass is 1750 g/mol. The number of methoxy groups -OCH3 is 2. The summed E-state index contributed by atoms with van der Waals surface area (Å²) in [7, 11) is 6.31. The molecule has 34 nitrogen and oxygen atoms in total. The smallest absolute Gasteiger partial charge is 0.410 e. The molecule has 6 saturated heterocycles. The number of likely N-dealkylation sites (N-methyl/N-ethyl adjacent to an activating group) is 1. The third-order valence-corrected chi connectivity index (χ3v) is 27.2. The van der Waals surface area contributed by atoms with E-state index in [1.165, 1.54) is 37.9 Å². The Morgan fingerprint density at radius 2 is 0.992 bits per heavy atom. The molecule has 0 aromatic heterocycles. The van der Waals surface area contributed by atoms with Gasteiger partial charge in [-0.05, 0) is 166 Å². The predicted molar refractivity (Wildman–Crippen MR) is 456 cm³/mol. The van der Waals surface area contributed by atoms with Crippen LogP contribution < -0.4 is 5.32 Å². The molecule has 3 aromatic rings. The van der Waals surface area contributed by atoms with Crippen molar-refractivity contribution in [1.82, 2.24) is 20.0 Å². The minimum atomic E-state index is -1.49. The average molecular weight is 1750 g/mol. The van der Waals surface area contributed by atoms with E-state index >= 15 is 0 Å². The summed E-state index contributed by atoms with van der Waals surface area (Å²) in [6.45, 7) is 29.3. The zero-order chi connectivity index (χ0) is 92.2. The first-order valence-corrected chi connectivity index (χ1v) is 43.8. The van der Waals surface area contributed by atoms with E-state index in [1.807, 2.05) is 48.5 Å². The van der Waals surface area contributed by atoms with Crippen molar-refractivity contribution in [2.75, 3.05) is 61.1 Å². The maximum absolute atomic E-state index is 14.9. The lowest BCUT2D eigenvalue weighted by Gasteiger charge is -2.48. The topological polar surface area (TPSA) is 441 Å². The molecule has 0 radical (unpaired) electrons. The molecule has 688 valence electrons. The van der Waals surface area contributed by atoms with Gasteiger partial charge in [0.25, 0.3) is 0 Å². The standard InChI is InChI=1S/C56H71N5O13.C35H59N5O11/c1-11-43-56(9)48(61(54(67)74-56)28-20-19-27-58-60-57)33(4)45(62)31(2)29-55(8,68-10)49(34(5)46(63)35(6)50(64)71-43)73-52-32(3)44(47(36(7)70-52)72-51(65)37-21-13-12-14-22-37)59-53(66)69-30-42-40-25-17-15-23-38(40)39-24-16-18-26-41(39)42;1-12-23-35(8)29(40(33(46)51-35)16-14-13-15-37-38-36)19(3)25(41)18(2)17-34(7,47-11)30(20(4)26(42)21(5)31(45)49-23)50-32-28(44)24(39(9)10)27(43)22(6)48-32/h12-18,21-26,31-36,42-44,47-49,52H,11,19-20,27-30H2,1-10H3,(H,59,66);18-24,27-30,32,43-44H,12-17H2,1-11H3/t31-,32?,33+,34+,35-,36?,43-,44?,47?,48-,49-,52?,55+,56-;18-,19+,20+,21-,22?,23-,24?,27?,28?,29-,30-,32?,34+,35-/m11/s1. The van der Waals surface area contributed by atoms with E-state index in [1.54, 1.807) is 153 Å². The number of carbonyl (C=O) groups excluding carboxylic acids is 10. The van der Waals surface area contributed by atoms with Gasteiger partial charge in [0.2, 0.25) is 0 Å². The minimum absolute atomic E-state index is 0.0185. The number of alkyl carbamates (subject to hydrolysis) is 1. The van der Waals surface area contributed by atoms with E-state index < -0.39 is 215 Å². The molecule has 0 spiro atoms. The summed E-state index contributed by atoms with van der Waals surface area (Å²) in [5.74, 6) is -12.7. The van der Waals surface area contributed by atoms with Gasteiger partial charge in [-0.15, -0.1) is 0 Å². The highest BCUT2D eigenvalue weighted by atomic mass is 16.7. The van der Waals surface area contributed by atoms with E-state index in [2.05, 4.69) is 25.4 Å². The fourth-order valence-corrected chi connectivity index (χ4v) is 20.1. The SMILES string of the molecule is CC[C@H]1OC(=O)[C@H](C)C(=O)[C@H](C)[C@@H](OC2OC(C)C(O)C(N(C)C)C2O)[C@@](C)(OC)C[C@@H](C)C(=O)[C@H](C)[C@H]2N(CCCCN=[N+]=[N-])C(=O)O[C@]12C.CC[C@H]1OC(=O)[C@H](C)C(=O)[C@H](C)[C@@H](OC2OC(C)C(OC(=O)c3ccccc3)C(NC(=O)OCC3c4ccccc4-c4ccccc43)C2C)[C@@](C)(OC)C[C@@H](C)C(=O)[C@H](C)[C@H]2N(CCCCN=[N+]=[N-])C(=O)O[C@]12C. The first kappa shape index (κ1) is 99.6. The number of hydrogen-bond donors (Lipinski definition) is 3. The number of nitrogens with zero attached hydrogens (tertiary/aromatic N) is 9. The minimum Gasteiger partial charge on any atom is -0.458 e. The maximum atomic E-state index is 14.9. The number of rotatable bonds is 24. The maximum Gasteiger partial charge on any atom is 0.410 e. The number of aliphatic hydroxyl groups is 2. The molecule has 3 aromatic carbocycles. The van der Waals surface area contributed by atoms with E-state index in [0.29, 0.717) is 25.7 Å². The highest BCUT2D eigenvalue weighted by molar-refractivity contribution is 6.01. The third kappa shape index (κ3) is 21.3. The van der Waals surface area contributed by atoms with Crippen LogP contribution in [0.25, 0.3) is 32.0 Å². The number of Topliss-reactive ketones (excluding diaryl/α,β-unsaturated/α-hetero) is 4. The molecule has 125 heavy (non-hydrogen) atoms. The Labute approximate surface area is 732 Å². The van der Waals surface area contributed by atoms with Crippen LogP contribution in [0.1, 0.15) is 196 Å². The molecule has 6 heterocycles. The number of cyclic esters (lactones) is 2. The van der Waals surface area contributed by atoms with Crippen LogP contribution in [0.2, 0.25) is 0 Å². The van der Waals surface area contributed by atoms with Crippen LogP contribution in [0.4, 0.5) is 14.4 Å². The van der Waals surface area contributed by atoms with E-state index in [0.717, 1.165) is 22.3 Å². The van der Waals surface area contributed by atoms with Gasteiger partial charge in [0, 0.05) is 97.6 Å². The molecule has 34 heteroatoms. The van der Waals surface area contributed by atoms with Gasteiger partial charge in [-0.1, -0.05) is 139 Å². The van der Waals surface area contributed by atoms with Crippen molar-refractivity contribution in [2.24, 2.45) is 63.5 Å². The summed E-state index contributed by atoms with van der Waals surface area (Å²) < 4.78 is 74.8. The van der Waals surface area contributed by atoms with Crippen LogP contribution >= 0.6 is 0 Å². The second-order valence-electron chi connectivity index (χ2n) is 35.9. The van der Waals surface area contributed by atoms with Crippen LogP contribution in [0.15, 0.2) is 89.1 Å². The van der Waals surface area contributed by atoms with Crippen molar-refractivity contribution in [3.8, 4) is 11.1 Å². The Morgan fingerprint density at radius 3 is 1.42 bits per heavy atom. The highest BCUT2D eigenvalue weighted by Gasteiger charge is 2.63. The molecule has 0 bridgehead atoms. The normalized spacial score (nSPS) is 36.1. The molecule has 10 rings (SSSR count). The number of hydrogen-bond acceptors (Lipinski definition) is 27. The van der Waals surface area contributed by atoms with Gasteiger partial charge in [0.15, 0.2) is 35.3 Å². The summed E-state index contributed by atoms with van der Waals surface area (Å²) >= 11 is 0. The number of aliphatic hydroxyl groups excluding tert-OH is 2. The molecular formula is C91H130N10O24. The largest absolute Gasteiger partial charge is 0.458 e. The third-order valence-electron chi connectivity index (χ3n) is 27.2. The summed E-state index contributed by atoms with van der Waals surface area (Å²) in [5.41, 5.74) is 16.2. The van der Waals surface area contributed by atoms with E-state index in [-0.39, 0.29) is 81.5 Å². The molecule has 3 amide bonds. The Kier molecular flexibility index (Phi) is 34.0. The Balaban J connectivity index is 0.000000304. The lowest BCUT2D eigenvalue weighted by atomic mass is 9.73. The van der Waals surface area contributed by atoms with Crippen molar-refractivity contribution in [1.29, 1.82) is 0 Å². The number of amides is 3. The number of benzene rings is 3. The molecular weight excluding hydrogens is 1620 g/mol. The summed E-state index contributed by atoms with van der Waals surface area (Å²) in [6, 6.07) is 21.0. The van der Waals surface area contributed by atoms with E-state index in [9.17, 15) is 58.2 Å². The van der Waals surface area contributed by atoms with Gasteiger partial charge in [-0.2, -0.15) is 0 Å². The summed E-state index contributed by atoms with van der Waals surface area (Å²) in [6.07, 6.45) is -11.7. The second-order valence-corrected chi connectivity index (χ2v) is 35.9. The Hall–Kier alpha value is -9.18. The van der Waals surface area contributed by atoms with Crippen LogP contribution in [0, 0.1) is 53.3 Å². The van der Waals surface area contributed by atoms with Crippen molar-refractivity contribution < 1.29 is 115 Å². The van der Waals surface area contributed by atoms with Gasteiger partial charge in [-0.3, -0.25) is 28.8 Å². The first-order chi connectivity index (χ1) is 59.1. The number of esters is 3. The van der Waals surface area contributed by atoms with Crippen LogP contribution in [-0.4, -0.2) is 259 Å². The number of unbranched alkanes of at least 4 members (excludes halogenated alkanes) is 2. The van der Waals surface area contributed by atoms with Crippen molar-refractivity contribution in [2.45, 2.75) is 289 Å². The lowest BCUT2D eigenvalue weighted by Crippen LogP contribution is -2.64. The van der Waals surface area contributed by atoms with E-state index in [4.69, 9.17) is 67.9 Å². The average Bonchev–Trinajstić information content (AvgIpc) is 1.61. The van der Waals surface area contributed by atoms with Crippen molar-refractivity contribution >= 4 is 59.3 Å². The van der Waals surface area contributed by atoms with Crippen molar-refractivity contribution in [3.05, 3.63) is 116 Å². The number of carbonyl (C=O) groups is 10. The zero-order valence-corrected chi connectivity index (χ0v) is 76.0. The van der Waals surface area contributed by atoms with Gasteiger partial charge in [0.05, 0.1) is 71.5 Å². The Bertz CT molecular complexity index is 4370. The van der Waals surface area contributed by atoms with Gasteiger partial charge in [0.1, 0.15) is 54.4 Å². The predicted octanol–water partition coefficient (Wildman–Crippen LogP) is 12.6. The number of nitrogens with one attached hydrogen (secondary N) is 1. The molecule has 28 atom stereocenters. The number of azide groups is 2. The number of ketones is 4. The molecule has 3 N–H and O–H groups in total. The molecule has 0 saturated carbocycles. The summed E-state index contributed by atoms with van der Waals surface area (Å²) in [4.78, 5) is 152. The lowest BCUT2D eigenvalue weighted by molar-refractivity contribution is -0.313. The highest BCUT2D eigenvalue weighted by Crippen LogP contribution is 2.49. The second kappa shape index (κ2) is 42.6. The van der Waals surface area contributed by atoms with Crippen LogP contribution in [0.3, 0.4) is 0 Å². The molecule has 6 fully saturated rings.